The molecule has 0 unspecified atom stereocenters. The van der Waals surface area contributed by atoms with Gasteiger partial charge in [-0.1, -0.05) is 63.3 Å². The highest BCUT2D eigenvalue weighted by molar-refractivity contribution is 5.91. The summed E-state index contributed by atoms with van der Waals surface area (Å²) in [6.07, 6.45) is 8.53. The third kappa shape index (κ3) is 5.83. The third-order valence-corrected chi connectivity index (χ3v) is 4.95. The molecule has 0 aromatic heterocycles. The van der Waals surface area contributed by atoms with E-state index in [4.69, 9.17) is 14.2 Å². The average Bonchev–Trinajstić information content (AvgIpc) is 2.73. The van der Waals surface area contributed by atoms with Gasteiger partial charge in [0.1, 0.15) is 0 Å². The molecule has 4 heteroatoms. The summed E-state index contributed by atoms with van der Waals surface area (Å²) >= 11 is 0. The lowest BCUT2D eigenvalue weighted by Crippen LogP contribution is -2.15. The topological polar surface area (TPSA) is 44.8 Å². The van der Waals surface area contributed by atoms with Crippen molar-refractivity contribution in [1.29, 1.82) is 0 Å². The van der Waals surface area contributed by atoms with Crippen molar-refractivity contribution < 1.29 is 19.0 Å². The number of allylic oxidation sites excluding steroid dienone is 2. The monoisotopic (exact) mass is 406 g/mol. The number of hydrogen-bond donors (Lipinski definition) is 0. The van der Waals surface area contributed by atoms with Crippen LogP contribution in [0.4, 0.5) is 0 Å². The van der Waals surface area contributed by atoms with Gasteiger partial charge in [-0.25, -0.2) is 4.79 Å². The normalized spacial score (nSPS) is 13.7. The molecule has 0 bridgehead atoms. The Morgan fingerprint density at radius 2 is 1.83 bits per heavy atom. The Labute approximate surface area is 179 Å². The first-order valence-corrected chi connectivity index (χ1v) is 10.3. The molecule has 0 amide bonds. The Kier molecular flexibility index (Phi) is 7.11. The van der Waals surface area contributed by atoms with Gasteiger partial charge in [0.05, 0.1) is 12.2 Å². The van der Waals surface area contributed by atoms with E-state index in [1.807, 2.05) is 31.2 Å². The molecule has 0 spiro atoms. The van der Waals surface area contributed by atoms with Crippen molar-refractivity contribution in [1.82, 2.24) is 0 Å². The van der Waals surface area contributed by atoms with Crippen molar-refractivity contribution in [3.05, 3.63) is 83.0 Å². The number of hydrogen-bond acceptors (Lipinski definition) is 4. The number of rotatable bonds is 7. The Balaban J connectivity index is 1.77. The second kappa shape index (κ2) is 9.77. The molecule has 2 aromatic carbocycles. The lowest BCUT2D eigenvalue weighted by molar-refractivity contribution is 0.0254. The van der Waals surface area contributed by atoms with E-state index in [0.717, 1.165) is 29.5 Å². The molecule has 0 saturated carbocycles. The van der Waals surface area contributed by atoms with E-state index in [1.165, 1.54) is 0 Å². The van der Waals surface area contributed by atoms with Crippen LogP contribution in [0.2, 0.25) is 0 Å². The van der Waals surface area contributed by atoms with Crippen molar-refractivity contribution in [2.45, 2.75) is 46.0 Å². The van der Waals surface area contributed by atoms with E-state index in [1.54, 1.807) is 12.1 Å². The van der Waals surface area contributed by atoms with Gasteiger partial charge in [0.15, 0.2) is 18.3 Å². The number of esters is 1. The summed E-state index contributed by atoms with van der Waals surface area (Å²) < 4.78 is 17.4. The van der Waals surface area contributed by atoms with Crippen LogP contribution in [0.25, 0.3) is 0 Å². The number of carbonyl (C=O) groups excluding carboxylic acids is 1. The first-order chi connectivity index (χ1) is 14.3. The number of aryl methyl sites for hydroxylation is 1. The van der Waals surface area contributed by atoms with Crippen LogP contribution in [0.15, 0.2) is 66.3 Å². The minimum Gasteiger partial charge on any atom is -0.463 e. The van der Waals surface area contributed by atoms with Gasteiger partial charge < -0.3 is 14.2 Å². The molecular weight excluding hydrogens is 376 g/mol. The Morgan fingerprint density at radius 1 is 1.07 bits per heavy atom. The molecule has 4 nitrogen and oxygen atoms in total. The Hall–Kier alpha value is -2.85. The standard InChI is InChI=1S/C26H30O4/c1-19-15-22(26(2,3)4)16-23(30-25(27)21-13-9-6-10-14-21)24(19)29-18-28-17-20-11-7-5-8-12-20/h6-7,9-16H,5,8,17-18H2,1-4H3. The van der Waals surface area contributed by atoms with Crippen LogP contribution in [0, 0.1) is 6.92 Å². The van der Waals surface area contributed by atoms with E-state index in [9.17, 15) is 4.79 Å². The summed E-state index contributed by atoms with van der Waals surface area (Å²) in [6.45, 7) is 8.90. The lowest BCUT2D eigenvalue weighted by atomic mass is 9.86. The Morgan fingerprint density at radius 3 is 2.50 bits per heavy atom. The second-order valence-electron chi connectivity index (χ2n) is 8.50. The minimum atomic E-state index is -0.413. The van der Waals surface area contributed by atoms with Gasteiger partial charge in [-0.3, -0.25) is 0 Å². The predicted molar refractivity (Wildman–Crippen MR) is 119 cm³/mol. The maximum absolute atomic E-state index is 12.7. The van der Waals surface area contributed by atoms with Crippen molar-refractivity contribution >= 4 is 5.97 Å². The highest BCUT2D eigenvalue weighted by Gasteiger charge is 2.21. The second-order valence-corrected chi connectivity index (χ2v) is 8.50. The van der Waals surface area contributed by atoms with E-state index in [2.05, 4.69) is 45.1 Å². The molecule has 1 aliphatic rings. The molecule has 0 radical (unpaired) electrons. The lowest BCUT2D eigenvalue weighted by Gasteiger charge is -2.23. The van der Waals surface area contributed by atoms with Crippen molar-refractivity contribution in [2.75, 3.05) is 13.4 Å². The van der Waals surface area contributed by atoms with Crippen molar-refractivity contribution in [3.63, 3.8) is 0 Å². The molecular formula is C26H30O4. The molecule has 30 heavy (non-hydrogen) atoms. The maximum Gasteiger partial charge on any atom is 0.343 e. The first-order valence-electron chi connectivity index (χ1n) is 10.3. The zero-order valence-electron chi connectivity index (χ0n) is 18.2. The summed E-state index contributed by atoms with van der Waals surface area (Å²) in [6, 6.07) is 12.9. The molecule has 0 atom stereocenters. The molecule has 2 aromatic rings. The van der Waals surface area contributed by atoms with Crippen LogP contribution in [-0.2, 0) is 10.2 Å². The van der Waals surface area contributed by atoms with Crippen LogP contribution >= 0.6 is 0 Å². The van der Waals surface area contributed by atoms with Gasteiger partial charge in [-0.15, -0.1) is 0 Å². The quantitative estimate of drug-likeness (QED) is 0.240. The largest absolute Gasteiger partial charge is 0.463 e. The summed E-state index contributed by atoms with van der Waals surface area (Å²) in [5, 5.41) is 0. The summed E-state index contributed by atoms with van der Waals surface area (Å²) in [7, 11) is 0. The van der Waals surface area contributed by atoms with E-state index >= 15 is 0 Å². The van der Waals surface area contributed by atoms with Crippen LogP contribution < -0.4 is 9.47 Å². The average molecular weight is 407 g/mol. The zero-order valence-corrected chi connectivity index (χ0v) is 18.2. The molecule has 3 rings (SSSR count). The number of carbonyl (C=O) groups is 1. The molecule has 0 aliphatic heterocycles. The molecule has 0 N–H and O–H groups in total. The molecule has 1 aliphatic carbocycles. The van der Waals surface area contributed by atoms with E-state index in [0.29, 0.717) is 23.7 Å². The van der Waals surface area contributed by atoms with Gasteiger partial charge in [-0.05, 0) is 60.1 Å². The number of ether oxygens (including phenoxy) is 3. The van der Waals surface area contributed by atoms with Crippen LogP contribution in [-0.4, -0.2) is 19.4 Å². The SMILES string of the molecule is Cc1cc(C(C)(C)C)cc(OC(=O)c2ccccc2)c1OCOCC1=CCCC=C1. The highest BCUT2D eigenvalue weighted by atomic mass is 16.7. The smallest absolute Gasteiger partial charge is 0.343 e. The summed E-state index contributed by atoms with van der Waals surface area (Å²) in [5.41, 5.74) is 3.53. The third-order valence-electron chi connectivity index (χ3n) is 4.95. The van der Waals surface area contributed by atoms with E-state index < -0.39 is 5.97 Å². The first kappa shape index (κ1) is 21.8. The van der Waals surface area contributed by atoms with Gasteiger partial charge in [0.2, 0.25) is 0 Å². The predicted octanol–water partition coefficient (Wildman–Crippen LogP) is 6.14. The fraction of sp³-hybridized carbons (Fsp3) is 0.346. The fourth-order valence-electron chi connectivity index (χ4n) is 3.20. The number of benzene rings is 2. The molecule has 0 saturated heterocycles. The minimum absolute atomic E-state index is 0.0801. The Bertz CT molecular complexity index is 933. The van der Waals surface area contributed by atoms with E-state index in [-0.39, 0.29) is 12.2 Å². The van der Waals surface area contributed by atoms with Crippen LogP contribution in [0.1, 0.15) is 55.1 Å². The summed E-state index contributed by atoms with van der Waals surface area (Å²) in [5.74, 6) is 0.527. The molecule has 0 heterocycles. The highest BCUT2D eigenvalue weighted by Crippen LogP contribution is 2.37. The molecule has 0 fully saturated rings. The van der Waals surface area contributed by atoms with Gasteiger partial charge >= 0.3 is 5.97 Å². The van der Waals surface area contributed by atoms with Gasteiger partial charge in [0, 0.05) is 0 Å². The van der Waals surface area contributed by atoms with Crippen molar-refractivity contribution in [3.8, 4) is 11.5 Å². The fourth-order valence-corrected chi connectivity index (χ4v) is 3.20. The van der Waals surface area contributed by atoms with Gasteiger partial charge in [-0.2, -0.15) is 0 Å². The van der Waals surface area contributed by atoms with Crippen LogP contribution in [0.5, 0.6) is 11.5 Å². The maximum atomic E-state index is 12.7. The zero-order chi connectivity index (χ0) is 21.6. The van der Waals surface area contributed by atoms with Crippen LogP contribution in [0.3, 0.4) is 0 Å². The van der Waals surface area contributed by atoms with Gasteiger partial charge in [0.25, 0.3) is 0 Å². The van der Waals surface area contributed by atoms with Crippen molar-refractivity contribution in [2.24, 2.45) is 0 Å². The molecule has 158 valence electrons. The summed E-state index contributed by atoms with van der Waals surface area (Å²) in [4.78, 5) is 12.7.